The standard InChI is InChI=1S/C10H12BrNO2/c11-10-4-3-8(6-12-10)14-7-9-2-1-5-13-9/h3-4,6,9H,1-2,5,7H2. The zero-order chi connectivity index (χ0) is 9.80. The number of ether oxygens (including phenoxy) is 2. The summed E-state index contributed by atoms with van der Waals surface area (Å²) in [5.74, 6) is 0.795. The van der Waals surface area contributed by atoms with Crippen LogP contribution in [-0.2, 0) is 4.74 Å². The summed E-state index contributed by atoms with van der Waals surface area (Å²) in [5, 5.41) is 0. The fraction of sp³-hybridized carbons (Fsp3) is 0.500. The monoisotopic (exact) mass is 257 g/mol. The van der Waals surface area contributed by atoms with E-state index in [1.165, 1.54) is 0 Å². The van der Waals surface area contributed by atoms with Crippen molar-refractivity contribution in [2.75, 3.05) is 13.2 Å². The molecule has 2 heterocycles. The van der Waals surface area contributed by atoms with Crippen LogP contribution in [0.15, 0.2) is 22.9 Å². The van der Waals surface area contributed by atoms with Crippen LogP contribution in [0.25, 0.3) is 0 Å². The second-order valence-electron chi connectivity index (χ2n) is 3.26. The average molecular weight is 258 g/mol. The number of hydrogen-bond donors (Lipinski definition) is 0. The second-order valence-corrected chi connectivity index (χ2v) is 4.08. The zero-order valence-corrected chi connectivity index (χ0v) is 9.37. The summed E-state index contributed by atoms with van der Waals surface area (Å²) in [5.41, 5.74) is 0. The van der Waals surface area contributed by atoms with Crippen LogP contribution in [-0.4, -0.2) is 24.3 Å². The molecule has 3 nitrogen and oxygen atoms in total. The highest BCUT2D eigenvalue weighted by molar-refractivity contribution is 9.10. The van der Waals surface area contributed by atoms with Crippen LogP contribution in [0.1, 0.15) is 12.8 Å². The number of aromatic nitrogens is 1. The van der Waals surface area contributed by atoms with Gasteiger partial charge in [0.2, 0.25) is 0 Å². The number of rotatable bonds is 3. The van der Waals surface area contributed by atoms with Crippen molar-refractivity contribution in [2.45, 2.75) is 18.9 Å². The number of hydrogen-bond acceptors (Lipinski definition) is 3. The predicted molar refractivity (Wildman–Crippen MR) is 56.4 cm³/mol. The van der Waals surface area contributed by atoms with Gasteiger partial charge in [-0.1, -0.05) is 0 Å². The van der Waals surface area contributed by atoms with E-state index in [-0.39, 0.29) is 6.10 Å². The van der Waals surface area contributed by atoms with E-state index in [0.29, 0.717) is 6.61 Å². The first-order valence-corrected chi connectivity index (χ1v) is 5.50. The van der Waals surface area contributed by atoms with E-state index >= 15 is 0 Å². The maximum atomic E-state index is 5.54. The first-order chi connectivity index (χ1) is 6.84. The predicted octanol–water partition coefficient (Wildman–Crippen LogP) is 2.40. The van der Waals surface area contributed by atoms with E-state index in [9.17, 15) is 0 Å². The second kappa shape index (κ2) is 4.75. The van der Waals surface area contributed by atoms with Crippen LogP contribution in [0, 0.1) is 0 Å². The van der Waals surface area contributed by atoms with Crippen LogP contribution in [0.3, 0.4) is 0 Å². The molecule has 1 unspecified atom stereocenters. The molecule has 1 aromatic heterocycles. The van der Waals surface area contributed by atoms with Gasteiger partial charge >= 0.3 is 0 Å². The number of pyridine rings is 1. The molecule has 14 heavy (non-hydrogen) atoms. The third-order valence-corrected chi connectivity index (χ3v) is 2.63. The van der Waals surface area contributed by atoms with Crippen molar-refractivity contribution < 1.29 is 9.47 Å². The first kappa shape index (κ1) is 9.93. The van der Waals surface area contributed by atoms with E-state index < -0.39 is 0 Å². The van der Waals surface area contributed by atoms with Crippen molar-refractivity contribution >= 4 is 15.9 Å². The van der Waals surface area contributed by atoms with E-state index in [2.05, 4.69) is 20.9 Å². The van der Waals surface area contributed by atoms with Gasteiger partial charge in [0.25, 0.3) is 0 Å². The van der Waals surface area contributed by atoms with Gasteiger partial charge in [0, 0.05) is 6.61 Å². The highest BCUT2D eigenvalue weighted by atomic mass is 79.9. The molecule has 0 aromatic carbocycles. The van der Waals surface area contributed by atoms with Crippen molar-refractivity contribution in [3.63, 3.8) is 0 Å². The average Bonchev–Trinajstić information content (AvgIpc) is 2.70. The van der Waals surface area contributed by atoms with Crippen molar-refractivity contribution in [3.05, 3.63) is 22.9 Å². The van der Waals surface area contributed by atoms with Gasteiger partial charge in [-0.2, -0.15) is 0 Å². The van der Waals surface area contributed by atoms with Gasteiger partial charge in [-0.15, -0.1) is 0 Å². The molecule has 0 spiro atoms. The van der Waals surface area contributed by atoms with Crippen molar-refractivity contribution in [1.82, 2.24) is 4.98 Å². The Balaban J connectivity index is 1.82. The highest BCUT2D eigenvalue weighted by Crippen LogP contribution is 2.16. The zero-order valence-electron chi connectivity index (χ0n) is 7.78. The lowest BCUT2D eigenvalue weighted by atomic mass is 10.2. The first-order valence-electron chi connectivity index (χ1n) is 4.70. The van der Waals surface area contributed by atoms with Crippen molar-refractivity contribution in [3.8, 4) is 5.75 Å². The molecule has 1 aliphatic heterocycles. The smallest absolute Gasteiger partial charge is 0.137 e. The van der Waals surface area contributed by atoms with Crippen LogP contribution < -0.4 is 4.74 Å². The summed E-state index contributed by atoms with van der Waals surface area (Å²) in [6.45, 7) is 1.50. The molecule has 0 bridgehead atoms. The van der Waals surface area contributed by atoms with Gasteiger partial charge in [-0.05, 0) is 40.9 Å². The molecule has 0 aliphatic carbocycles. The maximum Gasteiger partial charge on any atom is 0.137 e. The van der Waals surface area contributed by atoms with Crippen molar-refractivity contribution in [1.29, 1.82) is 0 Å². The molecule has 0 N–H and O–H groups in total. The quantitative estimate of drug-likeness (QED) is 0.780. The molecule has 76 valence electrons. The Kier molecular flexibility index (Phi) is 3.37. The summed E-state index contributed by atoms with van der Waals surface area (Å²) in [4.78, 5) is 4.08. The summed E-state index contributed by atoms with van der Waals surface area (Å²) in [6.07, 6.45) is 4.22. The van der Waals surface area contributed by atoms with Gasteiger partial charge in [0.1, 0.15) is 17.0 Å². The largest absolute Gasteiger partial charge is 0.489 e. The van der Waals surface area contributed by atoms with Crippen LogP contribution >= 0.6 is 15.9 Å². The third kappa shape index (κ3) is 2.69. The van der Waals surface area contributed by atoms with E-state index in [1.807, 2.05) is 12.1 Å². The third-order valence-electron chi connectivity index (χ3n) is 2.16. The molecule has 0 saturated carbocycles. The molecule has 1 aromatic rings. The Morgan fingerprint density at radius 2 is 2.50 bits per heavy atom. The summed E-state index contributed by atoms with van der Waals surface area (Å²) < 4.78 is 11.8. The highest BCUT2D eigenvalue weighted by Gasteiger charge is 2.15. The molecule has 0 amide bonds. The fourth-order valence-corrected chi connectivity index (χ4v) is 1.65. The normalized spacial score (nSPS) is 21.1. The Bertz CT molecular complexity index is 283. The van der Waals surface area contributed by atoms with Gasteiger partial charge in [-0.3, -0.25) is 0 Å². The lowest BCUT2D eigenvalue weighted by Crippen LogP contribution is -2.16. The van der Waals surface area contributed by atoms with E-state index in [4.69, 9.17) is 9.47 Å². The molecule has 0 radical (unpaired) electrons. The fourth-order valence-electron chi connectivity index (χ4n) is 1.41. The molecular formula is C10H12BrNO2. The Hall–Kier alpha value is -0.610. The molecule has 1 atom stereocenters. The number of halogens is 1. The molecule has 1 fully saturated rings. The van der Waals surface area contributed by atoms with E-state index in [1.54, 1.807) is 6.20 Å². The SMILES string of the molecule is Brc1ccc(OCC2CCCO2)cn1. The lowest BCUT2D eigenvalue weighted by Gasteiger charge is -2.10. The summed E-state index contributed by atoms with van der Waals surface area (Å²) in [7, 11) is 0. The van der Waals surface area contributed by atoms with Gasteiger partial charge in [0.15, 0.2) is 0 Å². The van der Waals surface area contributed by atoms with Crippen LogP contribution in [0.4, 0.5) is 0 Å². The van der Waals surface area contributed by atoms with Gasteiger partial charge in [0.05, 0.1) is 12.3 Å². The molecule has 4 heteroatoms. The maximum absolute atomic E-state index is 5.54. The molecule has 1 aliphatic rings. The minimum Gasteiger partial charge on any atom is -0.489 e. The number of nitrogens with zero attached hydrogens (tertiary/aromatic N) is 1. The topological polar surface area (TPSA) is 31.4 Å². The lowest BCUT2D eigenvalue weighted by molar-refractivity contribution is 0.0678. The Morgan fingerprint density at radius 3 is 3.14 bits per heavy atom. The molecule has 1 saturated heterocycles. The molecular weight excluding hydrogens is 246 g/mol. The minimum absolute atomic E-state index is 0.263. The van der Waals surface area contributed by atoms with Crippen molar-refractivity contribution in [2.24, 2.45) is 0 Å². The van der Waals surface area contributed by atoms with E-state index in [0.717, 1.165) is 29.8 Å². The minimum atomic E-state index is 0.263. The summed E-state index contributed by atoms with van der Waals surface area (Å²) >= 11 is 3.27. The Morgan fingerprint density at radius 1 is 1.57 bits per heavy atom. The van der Waals surface area contributed by atoms with Crippen LogP contribution in [0.5, 0.6) is 5.75 Å². The van der Waals surface area contributed by atoms with Crippen LogP contribution in [0.2, 0.25) is 0 Å². The van der Waals surface area contributed by atoms with Gasteiger partial charge < -0.3 is 9.47 Å². The summed E-state index contributed by atoms with van der Waals surface area (Å²) in [6, 6.07) is 3.76. The van der Waals surface area contributed by atoms with Gasteiger partial charge in [-0.25, -0.2) is 4.98 Å². The Labute approximate surface area is 91.6 Å². The molecule has 2 rings (SSSR count).